The zero-order valence-electron chi connectivity index (χ0n) is 13.0. The summed E-state index contributed by atoms with van der Waals surface area (Å²) in [7, 11) is 1.64. The van der Waals surface area contributed by atoms with Gasteiger partial charge >= 0.3 is 0 Å². The number of amides is 1. The standard InChI is InChI=1S/C18H19N3O2/c1-23-12-5-2-4-11(10-12)17-20-18(22)14-7-3-6-13-15(19)8-9-21(17)16(13)14/h2-7,10,15,17H,8-9,19H2,1H3,(H,20,22)/t15-,17-/m1/s1. The maximum absolute atomic E-state index is 12.6. The molecule has 0 bridgehead atoms. The molecule has 0 spiro atoms. The summed E-state index contributed by atoms with van der Waals surface area (Å²) in [4.78, 5) is 14.8. The fraction of sp³-hybridized carbons (Fsp3) is 0.278. The van der Waals surface area contributed by atoms with Crippen LogP contribution in [0.5, 0.6) is 5.75 Å². The van der Waals surface area contributed by atoms with E-state index in [0.717, 1.165) is 35.5 Å². The molecule has 5 nitrogen and oxygen atoms in total. The molecule has 0 saturated carbocycles. The largest absolute Gasteiger partial charge is 0.497 e. The van der Waals surface area contributed by atoms with E-state index in [9.17, 15) is 4.79 Å². The first kappa shape index (κ1) is 14.1. The molecule has 118 valence electrons. The van der Waals surface area contributed by atoms with Gasteiger partial charge in [-0.05, 0) is 35.7 Å². The highest BCUT2D eigenvalue weighted by molar-refractivity contribution is 6.03. The molecule has 1 amide bonds. The van der Waals surface area contributed by atoms with Crippen molar-refractivity contribution >= 4 is 11.6 Å². The Balaban J connectivity index is 1.84. The van der Waals surface area contributed by atoms with E-state index in [0.29, 0.717) is 5.56 Å². The summed E-state index contributed by atoms with van der Waals surface area (Å²) in [5.74, 6) is 0.726. The number of para-hydroxylation sites is 1. The molecule has 2 aromatic carbocycles. The van der Waals surface area contributed by atoms with Crippen LogP contribution in [-0.2, 0) is 0 Å². The summed E-state index contributed by atoms with van der Waals surface area (Å²) in [6.07, 6.45) is 0.672. The van der Waals surface area contributed by atoms with Crippen molar-refractivity contribution in [1.29, 1.82) is 0 Å². The van der Waals surface area contributed by atoms with Crippen molar-refractivity contribution < 1.29 is 9.53 Å². The van der Waals surface area contributed by atoms with Crippen molar-refractivity contribution in [3.8, 4) is 5.75 Å². The number of rotatable bonds is 2. The second-order valence-corrected chi connectivity index (χ2v) is 5.98. The topological polar surface area (TPSA) is 67.6 Å². The molecular formula is C18H19N3O2. The number of nitrogens with one attached hydrogen (secondary N) is 1. The maximum Gasteiger partial charge on any atom is 0.255 e. The average Bonchev–Trinajstić information content (AvgIpc) is 2.60. The van der Waals surface area contributed by atoms with Gasteiger partial charge in [0, 0.05) is 12.6 Å². The Labute approximate surface area is 135 Å². The van der Waals surface area contributed by atoms with Gasteiger partial charge in [-0.3, -0.25) is 4.79 Å². The van der Waals surface area contributed by atoms with E-state index in [1.807, 2.05) is 42.5 Å². The first-order chi connectivity index (χ1) is 11.2. The molecule has 0 aromatic heterocycles. The zero-order valence-corrected chi connectivity index (χ0v) is 13.0. The van der Waals surface area contributed by atoms with Gasteiger partial charge in [-0.15, -0.1) is 0 Å². The van der Waals surface area contributed by atoms with Crippen molar-refractivity contribution in [2.75, 3.05) is 18.6 Å². The molecule has 2 aliphatic rings. The summed E-state index contributed by atoms with van der Waals surface area (Å²) < 4.78 is 5.31. The number of ether oxygens (including phenoxy) is 1. The minimum Gasteiger partial charge on any atom is -0.497 e. The third-order valence-corrected chi connectivity index (χ3v) is 4.67. The monoisotopic (exact) mass is 309 g/mol. The van der Waals surface area contributed by atoms with Crippen molar-refractivity contribution in [2.45, 2.75) is 18.6 Å². The fourth-order valence-corrected chi connectivity index (χ4v) is 3.52. The van der Waals surface area contributed by atoms with Crippen molar-refractivity contribution in [3.63, 3.8) is 0 Å². The van der Waals surface area contributed by atoms with Crippen LogP contribution in [0.3, 0.4) is 0 Å². The molecule has 23 heavy (non-hydrogen) atoms. The molecule has 0 aliphatic carbocycles. The van der Waals surface area contributed by atoms with Crippen molar-refractivity contribution in [1.82, 2.24) is 5.32 Å². The van der Waals surface area contributed by atoms with Gasteiger partial charge in [-0.1, -0.05) is 24.3 Å². The van der Waals surface area contributed by atoms with E-state index in [1.54, 1.807) is 7.11 Å². The highest BCUT2D eigenvalue weighted by Gasteiger charge is 2.37. The summed E-state index contributed by atoms with van der Waals surface area (Å²) in [5.41, 5.74) is 9.99. The van der Waals surface area contributed by atoms with Gasteiger partial charge in [0.05, 0.1) is 18.4 Å². The van der Waals surface area contributed by atoms with Gasteiger partial charge < -0.3 is 20.7 Å². The molecule has 0 radical (unpaired) electrons. The molecule has 5 heteroatoms. The number of anilines is 1. The number of methoxy groups -OCH3 is 1. The van der Waals surface area contributed by atoms with Crippen LogP contribution in [0, 0.1) is 0 Å². The Morgan fingerprint density at radius 2 is 2.09 bits per heavy atom. The first-order valence-corrected chi connectivity index (χ1v) is 7.79. The summed E-state index contributed by atoms with van der Waals surface area (Å²) in [5, 5.41) is 3.11. The van der Waals surface area contributed by atoms with Gasteiger partial charge in [0.2, 0.25) is 0 Å². The predicted molar refractivity (Wildman–Crippen MR) is 88.5 cm³/mol. The van der Waals surface area contributed by atoms with Crippen LogP contribution < -0.4 is 20.7 Å². The summed E-state index contributed by atoms with van der Waals surface area (Å²) >= 11 is 0. The van der Waals surface area contributed by atoms with Crippen LogP contribution in [0.25, 0.3) is 0 Å². The lowest BCUT2D eigenvalue weighted by Crippen LogP contribution is -2.49. The number of benzene rings is 2. The van der Waals surface area contributed by atoms with Crippen LogP contribution >= 0.6 is 0 Å². The Kier molecular flexibility index (Phi) is 3.23. The highest BCUT2D eigenvalue weighted by Crippen LogP contribution is 2.42. The number of carbonyl (C=O) groups is 1. The van der Waals surface area contributed by atoms with Crippen molar-refractivity contribution in [3.05, 3.63) is 59.2 Å². The van der Waals surface area contributed by atoms with Crippen LogP contribution in [-0.4, -0.2) is 19.6 Å². The normalized spacial score (nSPS) is 22.3. The fourth-order valence-electron chi connectivity index (χ4n) is 3.52. The Morgan fingerprint density at radius 3 is 2.91 bits per heavy atom. The van der Waals surface area contributed by atoms with Gasteiger partial charge in [-0.25, -0.2) is 0 Å². The lowest BCUT2D eigenvalue weighted by molar-refractivity contribution is 0.0925. The second kappa shape index (κ2) is 5.28. The number of hydrogen-bond acceptors (Lipinski definition) is 4. The molecule has 3 N–H and O–H groups in total. The van der Waals surface area contributed by atoms with Crippen LogP contribution in [0.15, 0.2) is 42.5 Å². The number of nitrogens with zero attached hydrogens (tertiary/aromatic N) is 1. The molecule has 2 aliphatic heterocycles. The minimum absolute atomic E-state index is 0.0157. The zero-order chi connectivity index (χ0) is 16.0. The van der Waals surface area contributed by atoms with E-state index < -0.39 is 0 Å². The Bertz CT molecular complexity index is 775. The van der Waals surface area contributed by atoms with Crippen molar-refractivity contribution in [2.24, 2.45) is 5.73 Å². The molecule has 2 atom stereocenters. The lowest BCUT2D eigenvalue weighted by Gasteiger charge is -2.44. The van der Waals surface area contributed by atoms with E-state index >= 15 is 0 Å². The lowest BCUT2D eigenvalue weighted by atomic mass is 9.90. The molecule has 0 saturated heterocycles. The maximum atomic E-state index is 12.6. The van der Waals surface area contributed by atoms with Gasteiger partial charge in [0.1, 0.15) is 11.9 Å². The molecule has 2 aromatic rings. The second-order valence-electron chi connectivity index (χ2n) is 5.98. The molecule has 2 heterocycles. The molecular weight excluding hydrogens is 290 g/mol. The third kappa shape index (κ3) is 2.16. The van der Waals surface area contributed by atoms with Crippen LogP contribution in [0.2, 0.25) is 0 Å². The van der Waals surface area contributed by atoms with E-state index in [1.165, 1.54) is 0 Å². The smallest absolute Gasteiger partial charge is 0.255 e. The molecule has 4 rings (SSSR count). The number of carbonyl (C=O) groups excluding carboxylic acids is 1. The molecule has 0 fully saturated rings. The van der Waals surface area contributed by atoms with E-state index in [2.05, 4.69) is 10.2 Å². The first-order valence-electron chi connectivity index (χ1n) is 7.79. The SMILES string of the molecule is COc1cccc([C@@H]2NC(=O)c3cccc4c3N2CC[C@H]4N)c1. The average molecular weight is 309 g/mol. The van der Waals surface area contributed by atoms with Crippen LogP contribution in [0.1, 0.15) is 40.1 Å². The Hall–Kier alpha value is -2.53. The number of nitrogens with two attached hydrogens (primary N) is 1. The highest BCUT2D eigenvalue weighted by atomic mass is 16.5. The number of hydrogen-bond donors (Lipinski definition) is 2. The minimum atomic E-state index is -0.196. The van der Waals surface area contributed by atoms with E-state index in [4.69, 9.17) is 10.5 Å². The van der Waals surface area contributed by atoms with Gasteiger partial charge in [-0.2, -0.15) is 0 Å². The summed E-state index contributed by atoms with van der Waals surface area (Å²) in [6.45, 7) is 0.813. The molecule has 0 unspecified atom stereocenters. The van der Waals surface area contributed by atoms with Gasteiger partial charge in [0.25, 0.3) is 5.91 Å². The van der Waals surface area contributed by atoms with E-state index in [-0.39, 0.29) is 18.1 Å². The van der Waals surface area contributed by atoms with Gasteiger partial charge in [0.15, 0.2) is 0 Å². The van der Waals surface area contributed by atoms with Crippen LogP contribution in [0.4, 0.5) is 5.69 Å². The predicted octanol–water partition coefficient (Wildman–Crippen LogP) is 2.35. The third-order valence-electron chi connectivity index (χ3n) is 4.67. The quantitative estimate of drug-likeness (QED) is 0.893. The Morgan fingerprint density at radius 1 is 1.26 bits per heavy atom. The summed E-state index contributed by atoms with van der Waals surface area (Å²) in [6, 6.07) is 13.6.